The zero-order chi connectivity index (χ0) is 26.8. The maximum Gasteiger partial charge on any atom is 0.419 e. The van der Waals surface area contributed by atoms with Crippen LogP contribution in [-0.2, 0) is 20.9 Å². The third-order valence-electron chi connectivity index (χ3n) is 5.11. The second-order valence-corrected chi connectivity index (χ2v) is 9.27. The quantitative estimate of drug-likeness (QED) is 0.526. The normalized spacial score (nSPS) is 15.6. The van der Waals surface area contributed by atoms with Gasteiger partial charge in [0.25, 0.3) is 5.91 Å². The lowest BCUT2D eigenvalue weighted by molar-refractivity contribution is -0.121. The number of hydrogen-bond donors (Lipinski definition) is 0. The van der Waals surface area contributed by atoms with Gasteiger partial charge in [-0.25, -0.2) is 33.0 Å². The predicted molar refractivity (Wildman–Crippen MR) is 125 cm³/mol. The number of nitrogens with zero attached hydrogens (tertiary/aromatic N) is 3. The molecule has 0 aliphatic carbocycles. The molecule has 9 nitrogen and oxygen atoms in total. The molecule has 0 aromatic heterocycles. The highest BCUT2D eigenvalue weighted by Gasteiger charge is 2.50. The maximum atomic E-state index is 14.6. The SMILES string of the molecule is CN(C(=O)C1CN(C(=O)OC(C)(C)C)C(=O)N1C(=O)OCc1ccccc1)c1ccc(F)c(Cl)c1F. The molecule has 2 aromatic carbocycles. The summed E-state index contributed by atoms with van der Waals surface area (Å²) >= 11 is 5.62. The van der Waals surface area contributed by atoms with Gasteiger partial charge in [0.1, 0.15) is 29.1 Å². The molecule has 1 saturated heterocycles. The summed E-state index contributed by atoms with van der Waals surface area (Å²) in [5.74, 6) is -3.19. The molecule has 0 radical (unpaired) electrons. The molecule has 12 heteroatoms. The van der Waals surface area contributed by atoms with E-state index in [0.29, 0.717) is 15.4 Å². The predicted octanol–water partition coefficient (Wildman–Crippen LogP) is 4.96. The third-order valence-corrected chi connectivity index (χ3v) is 5.46. The van der Waals surface area contributed by atoms with Crippen molar-refractivity contribution in [2.75, 3.05) is 18.5 Å². The Kier molecular flexibility index (Phi) is 7.83. The number of rotatable bonds is 4. The number of imide groups is 2. The molecular weight excluding hydrogens is 500 g/mol. The average molecular weight is 524 g/mol. The Balaban J connectivity index is 1.90. The zero-order valence-corrected chi connectivity index (χ0v) is 20.7. The highest BCUT2D eigenvalue weighted by molar-refractivity contribution is 6.31. The lowest BCUT2D eigenvalue weighted by atomic mass is 10.2. The van der Waals surface area contributed by atoms with Gasteiger partial charge in [-0.3, -0.25) is 4.79 Å². The first-order chi connectivity index (χ1) is 16.8. The molecule has 1 heterocycles. The molecule has 5 amide bonds. The standard InChI is InChI=1S/C24H24ClF2N3O6/c1-24(2,3)36-22(33)29-12-17(20(31)28(4)16-11-10-15(26)18(25)19(16)27)30(21(29)32)23(34)35-13-14-8-6-5-7-9-14/h5-11,17H,12-13H2,1-4H3. The van der Waals surface area contributed by atoms with Crippen molar-refractivity contribution in [1.29, 1.82) is 0 Å². The molecule has 1 unspecified atom stereocenters. The van der Waals surface area contributed by atoms with Crippen LogP contribution in [0.1, 0.15) is 26.3 Å². The molecule has 1 atom stereocenters. The second kappa shape index (κ2) is 10.5. The lowest BCUT2D eigenvalue weighted by Gasteiger charge is -2.25. The highest BCUT2D eigenvalue weighted by Crippen LogP contribution is 2.30. The van der Waals surface area contributed by atoms with E-state index in [2.05, 4.69) is 0 Å². The van der Waals surface area contributed by atoms with Crippen molar-refractivity contribution in [2.24, 2.45) is 0 Å². The average Bonchev–Trinajstić information content (AvgIpc) is 3.17. The summed E-state index contributed by atoms with van der Waals surface area (Å²) in [5.41, 5.74) is -0.750. The van der Waals surface area contributed by atoms with Crippen LogP contribution in [0, 0.1) is 11.6 Å². The van der Waals surface area contributed by atoms with Crippen LogP contribution >= 0.6 is 11.6 Å². The summed E-state index contributed by atoms with van der Waals surface area (Å²) in [6.45, 7) is 3.95. The van der Waals surface area contributed by atoms with Crippen molar-refractivity contribution in [1.82, 2.24) is 9.80 Å². The van der Waals surface area contributed by atoms with E-state index in [1.165, 1.54) is 0 Å². The number of carbonyl (C=O) groups excluding carboxylic acids is 4. The first-order valence-corrected chi connectivity index (χ1v) is 11.1. The van der Waals surface area contributed by atoms with Gasteiger partial charge in [0.15, 0.2) is 5.82 Å². The van der Waals surface area contributed by atoms with E-state index >= 15 is 0 Å². The summed E-state index contributed by atoms with van der Waals surface area (Å²) in [7, 11) is 1.16. The van der Waals surface area contributed by atoms with E-state index in [0.717, 1.165) is 24.1 Å². The van der Waals surface area contributed by atoms with Gasteiger partial charge in [0.05, 0.1) is 12.2 Å². The van der Waals surface area contributed by atoms with Crippen molar-refractivity contribution < 1.29 is 37.4 Å². The molecule has 3 rings (SSSR count). The van der Waals surface area contributed by atoms with Crippen LogP contribution in [-0.4, -0.2) is 59.2 Å². The number of benzene rings is 2. The minimum atomic E-state index is -1.58. The Bertz CT molecular complexity index is 1190. The molecule has 1 fully saturated rings. The molecule has 192 valence electrons. The maximum absolute atomic E-state index is 14.6. The Morgan fingerprint density at radius 1 is 1.08 bits per heavy atom. The topological polar surface area (TPSA) is 96.5 Å². The lowest BCUT2D eigenvalue weighted by Crippen LogP contribution is -2.49. The van der Waals surface area contributed by atoms with Crippen molar-refractivity contribution in [2.45, 2.75) is 39.0 Å². The van der Waals surface area contributed by atoms with Gasteiger partial charge >= 0.3 is 18.2 Å². The fourth-order valence-electron chi connectivity index (χ4n) is 3.37. The van der Waals surface area contributed by atoms with Crippen LogP contribution in [0.5, 0.6) is 0 Å². The molecule has 0 bridgehead atoms. The van der Waals surface area contributed by atoms with Crippen molar-refractivity contribution in [3.8, 4) is 0 Å². The van der Waals surface area contributed by atoms with E-state index < -0.39 is 64.7 Å². The van der Waals surface area contributed by atoms with E-state index in [1.54, 1.807) is 51.1 Å². The number of hydrogen-bond acceptors (Lipinski definition) is 6. The van der Waals surface area contributed by atoms with Gasteiger partial charge < -0.3 is 14.4 Å². The smallest absolute Gasteiger partial charge is 0.419 e. The fourth-order valence-corrected chi connectivity index (χ4v) is 3.53. The van der Waals surface area contributed by atoms with Crippen LogP contribution in [0.3, 0.4) is 0 Å². The van der Waals surface area contributed by atoms with Crippen LogP contribution in [0.25, 0.3) is 0 Å². The summed E-state index contributed by atoms with van der Waals surface area (Å²) in [4.78, 5) is 53.7. The fraction of sp³-hybridized carbons (Fsp3) is 0.333. The molecule has 36 heavy (non-hydrogen) atoms. The van der Waals surface area contributed by atoms with E-state index in [4.69, 9.17) is 21.1 Å². The Labute approximate surface area is 211 Å². The number of anilines is 1. The number of urea groups is 1. The monoisotopic (exact) mass is 523 g/mol. The summed E-state index contributed by atoms with van der Waals surface area (Å²) in [5, 5.41) is -0.829. The summed E-state index contributed by atoms with van der Waals surface area (Å²) < 4.78 is 38.6. The van der Waals surface area contributed by atoms with E-state index in [1.807, 2.05) is 0 Å². The van der Waals surface area contributed by atoms with Crippen LogP contribution in [0.2, 0.25) is 5.02 Å². The first-order valence-electron chi connectivity index (χ1n) is 10.8. The molecule has 0 spiro atoms. The number of amides is 5. The second-order valence-electron chi connectivity index (χ2n) is 8.89. The van der Waals surface area contributed by atoms with Crippen LogP contribution < -0.4 is 4.90 Å². The first kappa shape index (κ1) is 26.9. The van der Waals surface area contributed by atoms with Gasteiger partial charge in [-0.1, -0.05) is 41.9 Å². The number of ether oxygens (including phenoxy) is 2. The van der Waals surface area contributed by atoms with Gasteiger partial charge in [-0.15, -0.1) is 0 Å². The van der Waals surface area contributed by atoms with Crippen LogP contribution in [0.4, 0.5) is 28.9 Å². The molecule has 0 saturated carbocycles. The molecule has 1 aliphatic rings. The van der Waals surface area contributed by atoms with E-state index in [-0.39, 0.29) is 6.61 Å². The van der Waals surface area contributed by atoms with Crippen molar-refractivity contribution >= 4 is 41.4 Å². The third kappa shape index (κ3) is 5.73. The van der Waals surface area contributed by atoms with Gasteiger partial charge in [0.2, 0.25) is 0 Å². The van der Waals surface area contributed by atoms with Gasteiger partial charge in [-0.2, -0.15) is 0 Å². The summed E-state index contributed by atoms with van der Waals surface area (Å²) in [6, 6.07) is 7.69. The van der Waals surface area contributed by atoms with E-state index in [9.17, 15) is 28.0 Å². The number of carbonyl (C=O) groups is 4. The van der Waals surface area contributed by atoms with Crippen molar-refractivity contribution in [3.63, 3.8) is 0 Å². The summed E-state index contributed by atoms with van der Waals surface area (Å²) in [6.07, 6.45) is -2.28. The number of halogens is 3. The van der Waals surface area contributed by atoms with Gasteiger partial charge in [0, 0.05) is 7.05 Å². The Morgan fingerprint density at radius 2 is 1.72 bits per heavy atom. The van der Waals surface area contributed by atoms with Gasteiger partial charge in [-0.05, 0) is 38.5 Å². The minimum absolute atomic E-state index is 0.213. The minimum Gasteiger partial charge on any atom is -0.444 e. The molecule has 0 N–H and O–H groups in total. The molecule has 2 aromatic rings. The highest BCUT2D eigenvalue weighted by atomic mass is 35.5. The Hall–Kier alpha value is -3.73. The number of likely N-dealkylation sites (N-methyl/N-ethyl adjacent to an activating group) is 1. The zero-order valence-electron chi connectivity index (χ0n) is 20.0. The molecular formula is C24H24ClF2N3O6. The van der Waals surface area contributed by atoms with Crippen LogP contribution in [0.15, 0.2) is 42.5 Å². The van der Waals surface area contributed by atoms with Crippen molar-refractivity contribution in [3.05, 3.63) is 64.7 Å². The largest absolute Gasteiger partial charge is 0.444 e. The Morgan fingerprint density at radius 3 is 2.33 bits per heavy atom. The molecule has 1 aliphatic heterocycles.